The molecule has 0 radical (unpaired) electrons. The lowest BCUT2D eigenvalue weighted by atomic mass is 10.00. The molecule has 2 aromatic heterocycles. The van der Waals surface area contributed by atoms with Crippen molar-refractivity contribution in [3.05, 3.63) is 46.3 Å². The molecule has 10 heteroatoms. The number of likely N-dealkylation sites (N-methyl/N-ethyl adjacent to an activating group) is 1. The average Bonchev–Trinajstić information content (AvgIpc) is 2.84. The van der Waals surface area contributed by atoms with Crippen molar-refractivity contribution in [1.82, 2.24) is 19.8 Å². The first kappa shape index (κ1) is 25.3. The van der Waals surface area contributed by atoms with Gasteiger partial charge in [-0.15, -0.1) is 0 Å². The van der Waals surface area contributed by atoms with Crippen molar-refractivity contribution < 1.29 is 14.4 Å². The number of amides is 3. The summed E-state index contributed by atoms with van der Waals surface area (Å²) < 4.78 is 0. The Hall–Kier alpha value is -3.84. The molecule has 4 heterocycles. The monoisotopic (exact) mass is 489 g/mol. The number of nitrogens with one attached hydrogen (secondary N) is 1. The van der Waals surface area contributed by atoms with Gasteiger partial charge in [-0.3, -0.25) is 24.7 Å². The number of nitrogens with zero attached hydrogens (tertiary/aromatic N) is 6. The van der Waals surface area contributed by atoms with Gasteiger partial charge in [0, 0.05) is 37.9 Å². The van der Waals surface area contributed by atoms with E-state index in [9.17, 15) is 19.6 Å². The Balaban J connectivity index is 1.56. The van der Waals surface area contributed by atoms with Crippen LogP contribution in [-0.2, 0) is 24.2 Å². The van der Waals surface area contributed by atoms with Crippen molar-refractivity contribution in [1.29, 1.82) is 5.26 Å². The van der Waals surface area contributed by atoms with E-state index >= 15 is 0 Å². The van der Waals surface area contributed by atoms with Crippen LogP contribution in [0.5, 0.6) is 0 Å². The van der Waals surface area contributed by atoms with E-state index in [0.717, 1.165) is 30.5 Å². The molecule has 1 N–H and O–H groups in total. The van der Waals surface area contributed by atoms with E-state index in [1.165, 1.54) is 11.1 Å². The summed E-state index contributed by atoms with van der Waals surface area (Å²) in [6.07, 6.45) is 4.33. The predicted octanol–water partition coefficient (Wildman–Crippen LogP) is 2.62. The number of piperazine rings is 1. The van der Waals surface area contributed by atoms with Crippen LogP contribution in [0.1, 0.15) is 53.0 Å². The first-order chi connectivity index (χ1) is 17.3. The Bertz CT molecular complexity index is 1220. The van der Waals surface area contributed by atoms with Gasteiger partial charge in [0.1, 0.15) is 23.4 Å². The van der Waals surface area contributed by atoms with E-state index in [2.05, 4.69) is 35.2 Å². The second kappa shape index (κ2) is 10.8. The lowest BCUT2D eigenvalue weighted by molar-refractivity contribution is -0.136. The SMILES string of the molecule is CC(C)Cc1cc(NC(=O)N2CCCc3cc(CN4CCN(C)CC4=O)c(C=O)nc32)ncc1C#N. The Morgan fingerprint density at radius 1 is 1.25 bits per heavy atom. The van der Waals surface area contributed by atoms with Gasteiger partial charge in [-0.2, -0.15) is 5.26 Å². The fourth-order valence-corrected chi connectivity index (χ4v) is 4.63. The zero-order valence-corrected chi connectivity index (χ0v) is 21.0. The third kappa shape index (κ3) is 5.52. The second-order valence-corrected chi connectivity index (χ2v) is 9.81. The molecule has 0 saturated carbocycles. The van der Waals surface area contributed by atoms with Crippen molar-refractivity contribution in [2.75, 3.05) is 43.4 Å². The molecule has 3 amide bonds. The number of rotatable bonds is 6. The fourth-order valence-electron chi connectivity index (χ4n) is 4.63. The molecule has 2 aliphatic rings. The predicted molar refractivity (Wildman–Crippen MR) is 135 cm³/mol. The number of pyridine rings is 2. The van der Waals surface area contributed by atoms with Crippen LogP contribution in [-0.4, -0.2) is 71.2 Å². The van der Waals surface area contributed by atoms with Crippen LogP contribution in [0.2, 0.25) is 0 Å². The number of carbonyl (C=O) groups excluding carboxylic acids is 3. The molecule has 0 bridgehead atoms. The van der Waals surface area contributed by atoms with Crippen molar-refractivity contribution in [3.8, 4) is 6.07 Å². The average molecular weight is 490 g/mol. The van der Waals surface area contributed by atoms with E-state index in [-0.39, 0.29) is 11.6 Å². The molecule has 0 aromatic carbocycles. The van der Waals surface area contributed by atoms with Crippen molar-refractivity contribution in [3.63, 3.8) is 0 Å². The number of nitriles is 1. The molecule has 1 saturated heterocycles. The number of aryl methyl sites for hydroxylation is 1. The highest BCUT2D eigenvalue weighted by atomic mass is 16.2. The molecule has 0 unspecified atom stereocenters. The third-order valence-corrected chi connectivity index (χ3v) is 6.48. The summed E-state index contributed by atoms with van der Waals surface area (Å²) in [6, 6.07) is 5.40. The van der Waals surface area contributed by atoms with Gasteiger partial charge in [-0.05, 0) is 55.5 Å². The van der Waals surface area contributed by atoms with Crippen molar-refractivity contribution in [2.24, 2.45) is 5.92 Å². The van der Waals surface area contributed by atoms with E-state index in [4.69, 9.17) is 0 Å². The molecule has 2 aromatic rings. The molecular formula is C26H31N7O3. The van der Waals surface area contributed by atoms with E-state index in [0.29, 0.717) is 67.6 Å². The van der Waals surface area contributed by atoms with Crippen LogP contribution in [0.4, 0.5) is 16.4 Å². The van der Waals surface area contributed by atoms with E-state index in [1.807, 2.05) is 18.0 Å². The molecule has 0 aliphatic carbocycles. The minimum Gasteiger partial charge on any atom is -0.336 e. The molecule has 4 rings (SSSR count). The Morgan fingerprint density at radius 3 is 2.75 bits per heavy atom. The Labute approximate surface area is 210 Å². The number of hydrogen-bond acceptors (Lipinski definition) is 7. The number of aldehydes is 1. The maximum absolute atomic E-state index is 13.2. The van der Waals surface area contributed by atoms with Crippen LogP contribution in [0.15, 0.2) is 18.3 Å². The largest absolute Gasteiger partial charge is 0.336 e. The first-order valence-corrected chi connectivity index (χ1v) is 12.2. The number of fused-ring (bicyclic) bond motifs is 1. The van der Waals surface area contributed by atoms with Gasteiger partial charge in [-0.1, -0.05) is 13.8 Å². The fraction of sp³-hybridized carbons (Fsp3) is 0.462. The highest BCUT2D eigenvalue weighted by Crippen LogP contribution is 2.29. The van der Waals surface area contributed by atoms with Crippen molar-refractivity contribution >= 4 is 29.9 Å². The van der Waals surface area contributed by atoms with Gasteiger partial charge in [0.25, 0.3) is 0 Å². The number of hydrogen-bond donors (Lipinski definition) is 1. The molecule has 0 atom stereocenters. The summed E-state index contributed by atoms with van der Waals surface area (Å²) >= 11 is 0. The van der Waals surface area contributed by atoms with Crippen LogP contribution < -0.4 is 10.2 Å². The number of urea groups is 1. The van der Waals surface area contributed by atoms with E-state index < -0.39 is 6.03 Å². The summed E-state index contributed by atoms with van der Waals surface area (Å²) in [7, 11) is 1.91. The first-order valence-electron chi connectivity index (χ1n) is 12.2. The molecule has 0 spiro atoms. The Kier molecular flexibility index (Phi) is 7.60. The summed E-state index contributed by atoms with van der Waals surface area (Å²) in [6.45, 7) is 6.62. The van der Waals surface area contributed by atoms with Gasteiger partial charge >= 0.3 is 6.03 Å². The topological polar surface area (TPSA) is 123 Å². The van der Waals surface area contributed by atoms with Gasteiger partial charge in [0.2, 0.25) is 5.91 Å². The quantitative estimate of drug-likeness (QED) is 0.619. The maximum atomic E-state index is 13.2. The third-order valence-electron chi connectivity index (χ3n) is 6.48. The van der Waals surface area contributed by atoms with Gasteiger partial charge in [0.15, 0.2) is 6.29 Å². The smallest absolute Gasteiger partial charge is 0.328 e. The minimum absolute atomic E-state index is 0.0195. The van der Waals surface area contributed by atoms with Crippen molar-refractivity contribution in [2.45, 2.75) is 39.7 Å². The molecular weight excluding hydrogens is 458 g/mol. The van der Waals surface area contributed by atoms with Gasteiger partial charge in [0.05, 0.1) is 12.1 Å². The molecule has 1 fully saturated rings. The second-order valence-electron chi connectivity index (χ2n) is 9.81. The lowest BCUT2D eigenvalue weighted by Crippen LogP contribution is -2.48. The standard InChI is InChI=1S/C26H31N7O3/c1-17(2)9-19-11-23(28-13-21(19)12-27)30-26(36)33-6-4-5-18-10-20(22(16-34)29-25(18)33)14-32-8-7-31(3)15-24(32)35/h10-11,13,16-17H,4-9,14-15H2,1-3H3,(H,28,30,36). The van der Waals surface area contributed by atoms with Crippen LogP contribution in [0.3, 0.4) is 0 Å². The molecule has 10 nitrogen and oxygen atoms in total. The highest BCUT2D eigenvalue weighted by Gasteiger charge is 2.28. The lowest BCUT2D eigenvalue weighted by Gasteiger charge is -2.33. The van der Waals surface area contributed by atoms with Crippen LogP contribution in [0, 0.1) is 17.2 Å². The van der Waals surface area contributed by atoms with Gasteiger partial charge in [-0.25, -0.2) is 14.8 Å². The van der Waals surface area contributed by atoms with Gasteiger partial charge < -0.3 is 4.90 Å². The van der Waals surface area contributed by atoms with Crippen LogP contribution in [0.25, 0.3) is 0 Å². The molecule has 188 valence electrons. The Morgan fingerprint density at radius 2 is 2.06 bits per heavy atom. The van der Waals surface area contributed by atoms with E-state index in [1.54, 1.807) is 11.0 Å². The summed E-state index contributed by atoms with van der Waals surface area (Å²) in [5, 5.41) is 12.2. The summed E-state index contributed by atoms with van der Waals surface area (Å²) in [5.74, 6) is 1.18. The zero-order chi connectivity index (χ0) is 25.8. The normalized spacial score (nSPS) is 16.0. The minimum atomic E-state index is -0.394. The molecule has 2 aliphatic heterocycles. The molecule has 36 heavy (non-hydrogen) atoms. The summed E-state index contributed by atoms with van der Waals surface area (Å²) in [5.41, 5.74) is 3.12. The van der Waals surface area contributed by atoms with Crippen LogP contribution >= 0.6 is 0 Å². The zero-order valence-electron chi connectivity index (χ0n) is 21.0. The highest BCUT2D eigenvalue weighted by molar-refractivity contribution is 6.01. The maximum Gasteiger partial charge on any atom is 0.328 e. The number of carbonyl (C=O) groups is 3. The number of anilines is 2. The number of aromatic nitrogens is 2. The summed E-state index contributed by atoms with van der Waals surface area (Å²) in [4.78, 5) is 51.6.